The molecule has 4 heteroatoms. The molecule has 0 bridgehead atoms. The third-order valence-corrected chi connectivity index (χ3v) is 4.05. The Morgan fingerprint density at radius 2 is 1.55 bits per heavy atom. The van der Waals surface area contributed by atoms with Gasteiger partial charge >= 0.3 is 0 Å². The van der Waals surface area contributed by atoms with Gasteiger partial charge in [-0.15, -0.1) is 0 Å². The number of aromatic hydroxyl groups is 1. The van der Waals surface area contributed by atoms with Gasteiger partial charge in [-0.3, -0.25) is 0 Å². The Morgan fingerprint density at radius 1 is 0.900 bits per heavy atom. The normalized spacial score (nSPS) is 14.0. The average molecular weight is 310 g/mol. The highest BCUT2D eigenvalue weighted by atomic mass is 35.5. The molecule has 0 amide bonds. The molecule has 2 N–H and O–H groups in total. The van der Waals surface area contributed by atoms with Gasteiger partial charge in [-0.25, -0.2) is 0 Å². The number of benzene rings is 2. The second-order valence-electron chi connectivity index (χ2n) is 4.88. The van der Waals surface area contributed by atoms with Gasteiger partial charge in [-0.05, 0) is 49.2 Å². The van der Waals surface area contributed by atoms with Gasteiger partial charge in [-0.1, -0.05) is 41.4 Å². The predicted octanol–water partition coefficient (Wildman–Crippen LogP) is 5.11. The van der Waals surface area contributed by atoms with E-state index in [1.807, 2.05) is 24.3 Å². The van der Waals surface area contributed by atoms with Crippen LogP contribution in [0.2, 0.25) is 10.0 Å². The van der Waals surface area contributed by atoms with Crippen molar-refractivity contribution in [2.75, 3.05) is 0 Å². The van der Waals surface area contributed by atoms with E-state index in [1.165, 1.54) is 0 Å². The Labute approximate surface area is 129 Å². The van der Waals surface area contributed by atoms with Crippen LogP contribution in [0.3, 0.4) is 0 Å². The van der Waals surface area contributed by atoms with Crippen LogP contribution >= 0.6 is 23.2 Å². The molecule has 2 rings (SSSR count). The first kappa shape index (κ1) is 15.2. The lowest BCUT2D eigenvalue weighted by molar-refractivity contribution is 0.466. The number of hydrogen-bond donors (Lipinski definition) is 2. The summed E-state index contributed by atoms with van der Waals surface area (Å²) < 4.78 is 0. The Hall–Kier alpha value is -1.22. The maximum absolute atomic E-state index is 9.52. The lowest BCUT2D eigenvalue weighted by Crippen LogP contribution is -2.22. The Bertz CT molecular complexity index is 601. The van der Waals surface area contributed by atoms with Crippen molar-refractivity contribution < 1.29 is 5.11 Å². The van der Waals surface area contributed by atoms with Crippen molar-refractivity contribution in [3.8, 4) is 5.75 Å². The summed E-state index contributed by atoms with van der Waals surface area (Å²) in [7, 11) is 0. The summed E-state index contributed by atoms with van der Waals surface area (Å²) in [6.45, 7) is 4.13. The van der Waals surface area contributed by atoms with Gasteiger partial charge < -0.3 is 10.4 Å². The van der Waals surface area contributed by atoms with Crippen LogP contribution in [0, 0.1) is 0 Å². The summed E-state index contributed by atoms with van der Waals surface area (Å²) in [5, 5.41) is 14.1. The molecule has 0 radical (unpaired) electrons. The summed E-state index contributed by atoms with van der Waals surface area (Å²) in [5.74, 6) is 0.276. The van der Waals surface area contributed by atoms with Crippen LogP contribution in [-0.4, -0.2) is 5.11 Å². The molecule has 106 valence electrons. The summed E-state index contributed by atoms with van der Waals surface area (Å²) in [5.41, 5.74) is 2.11. The van der Waals surface area contributed by atoms with E-state index in [2.05, 4.69) is 19.2 Å². The molecule has 2 aromatic rings. The van der Waals surface area contributed by atoms with Gasteiger partial charge in [0.2, 0.25) is 0 Å². The van der Waals surface area contributed by atoms with E-state index in [0.717, 1.165) is 11.1 Å². The van der Waals surface area contributed by atoms with Crippen molar-refractivity contribution in [3.05, 3.63) is 63.6 Å². The first-order valence-corrected chi connectivity index (χ1v) is 7.23. The maximum Gasteiger partial charge on any atom is 0.115 e. The molecule has 0 fully saturated rings. The van der Waals surface area contributed by atoms with E-state index in [1.54, 1.807) is 18.2 Å². The molecular formula is C16H17Cl2NO. The van der Waals surface area contributed by atoms with Crippen molar-refractivity contribution in [1.29, 1.82) is 0 Å². The molecule has 0 aromatic heterocycles. The lowest BCUT2D eigenvalue weighted by Gasteiger charge is -2.21. The van der Waals surface area contributed by atoms with Crippen molar-refractivity contribution in [2.24, 2.45) is 0 Å². The molecule has 0 aliphatic carbocycles. The molecule has 0 heterocycles. The standard InChI is InChI=1S/C16H17Cl2NO/c1-10(12-4-3-5-14(20)8-12)19-11(2)13-6-7-15(17)16(18)9-13/h3-11,19-20H,1-2H3. The van der Waals surface area contributed by atoms with Crippen LogP contribution < -0.4 is 5.32 Å². The minimum atomic E-state index is 0.117. The van der Waals surface area contributed by atoms with E-state index in [4.69, 9.17) is 23.2 Å². The van der Waals surface area contributed by atoms with Gasteiger partial charge in [0.1, 0.15) is 5.75 Å². The Balaban J connectivity index is 2.10. The molecule has 2 aromatic carbocycles. The fraction of sp³-hybridized carbons (Fsp3) is 0.250. The summed E-state index contributed by atoms with van der Waals surface area (Å²) in [4.78, 5) is 0. The fourth-order valence-electron chi connectivity index (χ4n) is 2.14. The molecule has 0 saturated heterocycles. The van der Waals surface area contributed by atoms with Gasteiger partial charge in [0.25, 0.3) is 0 Å². The highest BCUT2D eigenvalue weighted by Crippen LogP contribution is 2.27. The number of rotatable bonds is 4. The van der Waals surface area contributed by atoms with Crippen molar-refractivity contribution in [1.82, 2.24) is 5.32 Å². The Kier molecular flexibility index (Phi) is 4.92. The third-order valence-electron chi connectivity index (χ3n) is 3.31. The van der Waals surface area contributed by atoms with Crippen LogP contribution in [0.25, 0.3) is 0 Å². The SMILES string of the molecule is CC(NC(C)c1ccc(Cl)c(Cl)c1)c1cccc(O)c1. The minimum Gasteiger partial charge on any atom is -0.508 e. The first-order chi connectivity index (χ1) is 9.47. The lowest BCUT2D eigenvalue weighted by atomic mass is 10.0. The van der Waals surface area contributed by atoms with Crippen LogP contribution in [0.1, 0.15) is 37.1 Å². The zero-order valence-electron chi connectivity index (χ0n) is 11.4. The number of phenols is 1. The van der Waals surface area contributed by atoms with E-state index in [-0.39, 0.29) is 17.8 Å². The number of halogens is 2. The topological polar surface area (TPSA) is 32.3 Å². The summed E-state index contributed by atoms with van der Waals surface area (Å²) in [6, 6.07) is 13.1. The third kappa shape index (κ3) is 3.66. The quantitative estimate of drug-likeness (QED) is 0.822. The van der Waals surface area contributed by atoms with E-state index in [0.29, 0.717) is 10.0 Å². The van der Waals surface area contributed by atoms with Gasteiger partial charge in [-0.2, -0.15) is 0 Å². The minimum absolute atomic E-state index is 0.117. The van der Waals surface area contributed by atoms with Crippen LogP contribution in [0.15, 0.2) is 42.5 Å². The molecule has 2 nitrogen and oxygen atoms in total. The monoisotopic (exact) mass is 309 g/mol. The Morgan fingerprint density at radius 3 is 2.15 bits per heavy atom. The molecule has 2 atom stereocenters. The number of hydrogen-bond acceptors (Lipinski definition) is 2. The zero-order valence-corrected chi connectivity index (χ0v) is 12.9. The summed E-state index contributed by atoms with van der Waals surface area (Å²) in [6.07, 6.45) is 0. The fourth-order valence-corrected chi connectivity index (χ4v) is 2.45. The molecule has 0 aliphatic heterocycles. The predicted molar refractivity (Wildman–Crippen MR) is 84.5 cm³/mol. The van der Waals surface area contributed by atoms with Crippen LogP contribution in [-0.2, 0) is 0 Å². The van der Waals surface area contributed by atoms with E-state index < -0.39 is 0 Å². The number of nitrogens with one attached hydrogen (secondary N) is 1. The van der Waals surface area contributed by atoms with Gasteiger partial charge in [0.15, 0.2) is 0 Å². The highest BCUT2D eigenvalue weighted by Gasteiger charge is 2.12. The second kappa shape index (κ2) is 6.49. The van der Waals surface area contributed by atoms with Crippen molar-refractivity contribution >= 4 is 23.2 Å². The first-order valence-electron chi connectivity index (χ1n) is 6.47. The highest BCUT2D eigenvalue weighted by molar-refractivity contribution is 6.42. The van der Waals surface area contributed by atoms with E-state index >= 15 is 0 Å². The van der Waals surface area contributed by atoms with Crippen LogP contribution in [0.4, 0.5) is 0 Å². The smallest absolute Gasteiger partial charge is 0.115 e. The molecule has 2 unspecified atom stereocenters. The molecule has 0 saturated carbocycles. The van der Waals surface area contributed by atoms with Crippen molar-refractivity contribution in [2.45, 2.75) is 25.9 Å². The maximum atomic E-state index is 9.52. The summed E-state index contributed by atoms with van der Waals surface area (Å²) >= 11 is 12.0. The van der Waals surface area contributed by atoms with Crippen molar-refractivity contribution in [3.63, 3.8) is 0 Å². The average Bonchev–Trinajstić information content (AvgIpc) is 2.41. The molecule has 20 heavy (non-hydrogen) atoms. The van der Waals surface area contributed by atoms with E-state index in [9.17, 15) is 5.11 Å². The largest absolute Gasteiger partial charge is 0.508 e. The second-order valence-corrected chi connectivity index (χ2v) is 5.69. The molecule has 0 spiro atoms. The zero-order chi connectivity index (χ0) is 14.7. The van der Waals surface area contributed by atoms with Gasteiger partial charge in [0.05, 0.1) is 10.0 Å². The number of phenolic OH excluding ortho intramolecular Hbond substituents is 1. The molecular weight excluding hydrogens is 293 g/mol. The molecule has 0 aliphatic rings. The van der Waals surface area contributed by atoms with Crippen LogP contribution in [0.5, 0.6) is 5.75 Å². The van der Waals surface area contributed by atoms with Gasteiger partial charge in [0, 0.05) is 12.1 Å².